The molecule has 3 nitrogen and oxygen atoms in total. The van der Waals surface area contributed by atoms with Gasteiger partial charge in [-0.15, -0.1) is 0 Å². The van der Waals surface area contributed by atoms with Gasteiger partial charge < -0.3 is 0 Å². The highest BCUT2D eigenvalue weighted by molar-refractivity contribution is 9.13. The third-order valence-electron chi connectivity index (χ3n) is 2.53. The molecule has 1 aromatic rings. The van der Waals surface area contributed by atoms with Gasteiger partial charge in [-0.05, 0) is 50.4 Å². The summed E-state index contributed by atoms with van der Waals surface area (Å²) in [5.41, 5.74) is 0. The molecule has 0 atom stereocenters. The second kappa shape index (κ2) is 7.62. The van der Waals surface area contributed by atoms with E-state index in [2.05, 4.69) is 43.5 Å². The van der Waals surface area contributed by atoms with Crippen LogP contribution in [-0.4, -0.2) is 15.0 Å². The Morgan fingerprint density at radius 3 is 2.56 bits per heavy atom. The lowest BCUT2D eigenvalue weighted by molar-refractivity contribution is 0.573. The smallest absolute Gasteiger partial charge is 0.211 e. The van der Waals surface area contributed by atoms with Crippen LogP contribution < -0.4 is 4.72 Å². The Kier molecular flexibility index (Phi) is 6.84. The molecule has 0 radical (unpaired) electrons. The van der Waals surface area contributed by atoms with Crippen LogP contribution in [0.4, 0.5) is 0 Å². The van der Waals surface area contributed by atoms with Crippen molar-refractivity contribution in [3.63, 3.8) is 0 Å². The summed E-state index contributed by atoms with van der Waals surface area (Å²) in [7, 11) is -3.43. The van der Waals surface area contributed by atoms with Gasteiger partial charge in [-0.25, -0.2) is 13.1 Å². The van der Waals surface area contributed by atoms with Gasteiger partial charge in [0, 0.05) is 11.0 Å². The van der Waals surface area contributed by atoms with Crippen LogP contribution in [0.1, 0.15) is 32.6 Å². The zero-order valence-electron chi connectivity index (χ0n) is 10.2. The van der Waals surface area contributed by atoms with Crippen molar-refractivity contribution in [1.29, 1.82) is 0 Å². The molecular formula is C12H17Br2NO2S. The number of rotatable bonds is 7. The molecule has 18 heavy (non-hydrogen) atoms. The van der Waals surface area contributed by atoms with Crippen molar-refractivity contribution in [2.75, 3.05) is 6.54 Å². The van der Waals surface area contributed by atoms with Crippen molar-refractivity contribution < 1.29 is 8.42 Å². The summed E-state index contributed by atoms with van der Waals surface area (Å²) in [6, 6.07) is 5.09. The average Bonchev–Trinajstić information content (AvgIpc) is 2.32. The summed E-state index contributed by atoms with van der Waals surface area (Å²) in [6.07, 6.45) is 4.21. The van der Waals surface area contributed by atoms with Gasteiger partial charge in [0.2, 0.25) is 10.0 Å². The van der Waals surface area contributed by atoms with Crippen molar-refractivity contribution in [3.8, 4) is 0 Å². The van der Waals surface area contributed by atoms with Crippen LogP contribution in [0.3, 0.4) is 0 Å². The van der Waals surface area contributed by atoms with E-state index in [4.69, 9.17) is 0 Å². The summed E-state index contributed by atoms with van der Waals surface area (Å²) in [5, 5.41) is 0. The van der Waals surface area contributed by atoms with Crippen LogP contribution >= 0.6 is 31.9 Å². The van der Waals surface area contributed by atoms with E-state index in [1.165, 1.54) is 0 Å². The molecule has 102 valence electrons. The average molecular weight is 399 g/mol. The van der Waals surface area contributed by atoms with Gasteiger partial charge in [0.1, 0.15) is 0 Å². The van der Waals surface area contributed by atoms with E-state index in [1.807, 2.05) is 0 Å². The fourth-order valence-corrected chi connectivity index (χ4v) is 4.10. The van der Waals surface area contributed by atoms with Gasteiger partial charge in [0.25, 0.3) is 0 Å². The highest BCUT2D eigenvalue weighted by atomic mass is 79.9. The van der Waals surface area contributed by atoms with E-state index in [1.54, 1.807) is 18.2 Å². The molecule has 6 heteroatoms. The van der Waals surface area contributed by atoms with Gasteiger partial charge in [-0.1, -0.05) is 32.3 Å². The van der Waals surface area contributed by atoms with E-state index >= 15 is 0 Å². The van der Waals surface area contributed by atoms with Crippen molar-refractivity contribution in [1.82, 2.24) is 4.72 Å². The number of unbranched alkanes of at least 4 members (excludes halogenated alkanes) is 3. The number of hydrogen-bond donors (Lipinski definition) is 1. The van der Waals surface area contributed by atoms with Crippen LogP contribution in [0.2, 0.25) is 0 Å². The lowest BCUT2D eigenvalue weighted by atomic mass is 10.2. The first kappa shape index (κ1) is 16.1. The summed E-state index contributed by atoms with van der Waals surface area (Å²) < 4.78 is 28.1. The first-order chi connectivity index (χ1) is 8.49. The third-order valence-corrected chi connectivity index (χ3v) is 6.34. The summed E-state index contributed by atoms with van der Waals surface area (Å²) in [6.45, 7) is 2.62. The fourth-order valence-electron chi connectivity index (χ4n) is 1.53. The molecule has 0 aromatic heterocycles. The van der Waals surface area contributed by atoms with Gasteiger partial charge in [0.15, 0.2) is 0 Å². The fraction of sp³-hybridized carbons (Fsp3) is 0.500. The number of benzene rings is 1. The van der Waals surface area contributed by atoms with Gasteiger partial charge in [0.05, 0.1) is 9.37 Å². The minimum atomic E-state index is -3.43. The van der Waals surface area contributed by atoms with Crippen molar-refractivity contribution >= 4 is 41.9 Å². The number of hydrogen-bond acceptors (Lipinski definition) is 2. The molecule has 0 unspecified atom stereocenters. The molecule has 0 saturated heterocycles. The molecule has 1 rings (SSSR count). The Morgan fingerprint density at radius 2 is 1.89 bits per heavy atom. The van der Waals surface area contributed by atoms with Crippen LogP contribution in [0.5, 0.6) is 0 Å². The Morgan fingerprint density at radius 1 is 1.17 bits per heavy atom. The van der Waals surface area contributed by atoms with E-state index < -0.39 is 10.0 Å². The number of sulfonamides is 1. The SMILES string of the molecule is CCCCCCNS(=O)(=O)c1cccc(Br)c1Br. The molecule has 1 N–H and O–H groups in total. The van der Waals surface area contributed by atoms with Crippen molar-refractivity contribution in [2.45, 2.75) is 37.5 Å². The largest absolute Gasteiger partial charge is 0.241 e. The zero-order valence-corrected chi connectivity index (χ0v) is 14.2. The monoisotopic (exact) mass is 397 g/mol. The molecule has 1 aromatic carbocycles. The molecule has 0 fully saturated rings. The van der Waals surface area contributed by atoms with Crippen LogP contribution in [0, 0.1) is 0 Å². The van der Waals surface area contributed by atoms with E-state index in [-0.39, 0.29) is 4.90 Å². The first-order valence-corrected chi connectivity index (χ1v) is 8.99. The van der Waals surface area contributed by atoms with E-state index in [0.29, 0.717) is 11.0 Å². The molecule has 0 spiro atoms. The van der Waals surface area contributed by atoms with E-state index in [9.17, 15) is 8.42 Å². The van der Waals surface area contributed by atoms with Gasteiger partial charge in [-0.3, -0.25) is 0 Å². The number of halogens is 2. The van der Waals surface area contributed by atoms with Gasteiger partial charge >= 0.3 is 0 Å². The molecule has 0 saturated carbocycles. The maximum atomic E-state index is 12.1. The maximum Gasteiger partial charge on any atom is 0.241 e. The summed E-state index contributed by atoms with van der Waals surface area (Å²) >= 11 is 6.59. The van der Waals surface area contributed by atoms with E-state index in [0.717, 1.165) is 30.2 Å². The third kappa shape index (κ3) is 4.64. The van der Waals surface area contributed by atoms with Gasteiger partial charge in [-0.2, -0.15) is 0 Å². The quantitative estimate of drug-likeness (QED) is 0.703. The molecule has 0 aliphatic carbocycles. The lowest BCUT2D eigenvalue weighted by Crippen LogP contribution is -2.25. The second-order valence-corrected chi connectivity index (χ2v) is 7.39. The molecule has 0 aliphatic rings. The molecule has 0 heterocycles. The lowest BCUT2D eigenvalue weighted by Gasteiger charge is -2.09. The zero-order chi connectivity index (χ0) is 13.6. The minimum absolute atomic E-state index is 0.271. The molecule has 0 aliphatic heterocycles. The van der Waals surface area contributed by atoms with Crippen LogP contribution in [-0.2, 0) is 10.0 Å². The predicted molar refractivity (Wildman–Crippen MR) is 81.2 cm³/mol. The Hall–Kier alpha value is 0.0900. The Balaban J connectivity index is 2.66. The Labute approximate surface area is 126 Å². The van der Waals surface area contributed by atoms with Crippen molar-refractivity contribution in [2.24, 2.45) is 0 Å². The second-order valence-electron chi connectivity index (χ2n) is 4.01. The highest BCUT2D eigenvalue weighted by Crippen LogP contribution is 2.29. The topological polar surface area (TPSA) is 46.2 Å². The maximum absolute atomic E-state index is 12.1. The van der Waals surface area contributed by atoms with Crippen LogP contribution in [0.25, 0.3) is 0 Å². The molecule has 0 amide bonds. The summed E-state index contributed by atoms with van der Waals surface area (Å²) in [4.78, 5) is 0.271. The molecular weight excluding hydrogens is 382 g/mol. The standard InChI is InChI=1S/C12H17Br2NO2S/c1-2-3-4-5-9-15-18(16,17)11-8-6-7-10(13)12(11)14/h6-8,15H,2-5,9H2,1H3. The van der Waals surface area contributed by atoms with Crippen LogP contribution in [0.15, 0.2) is 32.0 Å². The summed E-state index contributed by atoms with van der Waals surface area (Å²) in [5.74, 6) is 0. The molecule has 0 bridgehead atoms. The van der Waals surface area contributed by atoms with Crippen molar-refractivity contribution in [3.05, 3.63) is 27.1 Å². The normalized spacial score (nSPS) is 11.7. The number of nitrogens with one attached hydrogen (secondary N) is 1. The predicted octanol–water partition coefficient (Wildman–Crippen LogP) is 4.07. The highest BCUT2D eigenvalue weighted by Gasteiger charge is 2.17. The Bertz CT molecular complexity index is 489. The first-order valence-electron chi connectivity index (χ1n) is 5.92. The minimum Gasteiger partial charge on any atom is -0.211 e.